The molecule has 3 rings (SSSR count). The first-order chi connectivity index (χ1) is 11.0. The molecule has 1 fully saturated rings. The Bertz CT molecular complexity index is 660. The highest BCUT2D eigenvalue weighted by Gasteiger charge is 2.19. The van der Waals surface area contributed by atoms with E-state index in [1.165, 1.54) is 0 Å². The smallest absolute Gasteiger partial charge is 0.322 e. The highest BCUT2D eigenvalue weighted by atomic mass is 16.5. The number of hydrogen-bond donors (Lipinski definition) is 2. The summed E-state index contributed by atoms with van der Waals surface area (Å²) in [5.41, 5.74) is 1.93. The second-order valence-corrected chi connectivity index (χ2v) is 6.66. The summed E-state index contributed by atoms with van der Waals surface area (Å²) >= 11 is 0. The first kappa shape index (κ1) is 16.0. The quantitative estimate of drug-likeness (QED) is 0.880. The van der Waals surface area contributed by atoms with Crippen LogP contribution in [0.25, 0.3) is 5.65 Å². The Morgan fingerprint density at radius 2 is 1.96 bits per heavy atom. The molecule has 0 aliphatic carbocycles. The number of ether oxygens (including phenoxy) is 1. The van der Waals surface area contributed by atoms with Gasteiger partial charge >= 0.3 is 6.01 Å². The Labute approximate surface area is 136 Å². The van der Waals surface area contributed by atoms with Gasteiger partial charge in [0.05, 0.1) is 12.3 Å². The Hall–Kier alpha value is -1.89. The van der Waals surface area contributed by atoms with Crippen LogP contribution in [0.4, 0.5) is 5.95 Å². The number of fused-ring (bicyclic) bond motifs is 1. The van der Waals surface area contributed by atoms with Crippen LogP contribution in [0, 0.1) is 0 Å². The minimum absolute atomic E-state index is 0.0367. The van der Waals surface area contributed by atoms with Crippen LogP contribution >= 0.6 is 0 Å². The van der Waals surface area contributed by atoms with Crippen molar-refractivity contribution >= 4 is 11.6 Å². The van der Waals surface area contributed by atoms with Crippen LogP contribution in [-0.4, -0.2) is 44.8 Å². The molecule has 0 amide bonds. The fraction of sp³-hybridized carbons (Fsp3) is 0.688. The van der Waals surface area contributed by atoms with Crippen molar-refractivity contribution in [2.24, 2.45) is 0 Å². The molecule has 0 bridgehead atoms. The van der Waals surface area contributed by atoms with E-state index in [1.807, 2.05) is 20.0 Å². The zero-order chi connectivity index (χ0) is 16.4. The van der Waals surface area contributed by atoms with Crippen molar-refractivity contribution in [2.45, 2.75) is 58.6 Å². The molecule has 1 aliphatic heterocycles. The van der Waals surface area contributed by atoms with Crippen LogP contribution in [0.1, 0.15) is 52.0 Å². The van der Waals surface area contributed by atoms with Gasteiger partial charge in [-0.05, 0) is 45.7 Å². The van der Waals surface area contributed by atoms with Gasteiger partial charge in [0, 0.05) is 11.6 Å². The van der Waals surface area contributed by atoms with E-state index >= 15 is 0 Å². The fourth-order valence-corrected chi connectivity index (χ4v) is 2.79. The highest BCUT2D eigenvalue weighted by Crippen LogP contribution is 2.23. The molecule has 2 aromatic heterocycles. The normalized spacial score (nSPS) is 16.4. The fourth-order valence-electron chi connectivity index (χ4n) is 2.79. The van der Waals surface area contributed by atoms with E-state index in [4.69, 9.17) is 4.74 Å². The lowest BCUT2D eigenvalue weighted by Gasteiger charge is -2.24. The van der Waals surface area contributed by atoms with Gasteiger partial charge in [-0.3, -0.25) is 0 Å². The Kier molecular flexibility index (Phi) is 4.66. The van der Waals surface area contributed by atoms with Crippen molar-refractivity contribution in [2.75, 3.05) is 18.4 Å². The number of hydrogen-bond acceptors (Lipinski definition) is 6. The van der Waals surface area contributed by atoms with Crippen molar-refractivity contribution in [1.29, 1.82) is 0 Å². The molecule has 126 valence electrons. The van der Waals surface area contributed by atoms with Gasteiger partial charge in [-0.1, -0.05) is 13.8 Å². The number of anilines is 1. The second kappa shape index (κ2) is 6.70. The molecule has 23 heavy (non-hydrogen) atoms. The summed E-state index contributed by atoms with van der Waals surface area (Å²) in [6.07, 6.45) is 4.06. The average Bonchev–Trinajstić information content (AvgIpc) is 2.92. The van der Waals surface area contributed by atoms with Crippen LogP contribution in [0.15, 0.2) is 6.20 Å². The van der Waals surface area contributed by atoms with Gasteiger partial charge in [0.15, 0.2) is 5.65 Å². The molecule has 0 radical (unpaired) electrons. The lowest BCUT2D eigenvalue weighted by Crippen LogP contribution is -2.36. The van der Waals surface area contributed by atoms with Crippen molar-refractivity contribution in [1.82, 2.24) is 24.9 Å². The first-order valence-electron chi connectivity index (χ1n) is 8.44. The number of aromatic nitrogens is 4. The third-order valence-electron chi connectivity index (χ3n) is 4.01. The lowest BCUT2D eigenvalue weighted by atomic mass is 10.1. The third-order valence-corrected chi connectivity index (χ3v) is 4.01. The molecule has 2 aromatic rings. The summed E-state index contributed by atoms with van der Waals surface area (Å²) in [6, 6.07) is 0.805. The van der Waals surface area contributed by atoms with E-state index in [0.717, 1.165) is 37.1 Å². The van der Waals surface area contributed by atoms with Crippen molar-refractivity contribution < 1.29 is 4.74 Å². The maximum atomic E-state index is 5.74. The number of piperidine rings is 1. The van der Waals surface area contributed by atoms with Crippen molar-refractivity contribution in [3.63, 3.8) is 0 Å². The summed E-state index contributed by atoms with van der Waals surface area (Å²) in [5, 5.41) is 11.4. The molecule has 0 spiro atoms. The van der Waals surface area contributed by atoms with Gasteiger partial charge in [0.25, 0.3) is 0 Å². The minimum atomic E-state index is 0.0367. The Balaban J connectivity index is 1.99. The molecule has 3 heterocycles. The molecule has 1 saturated heterocycles. The number of nitrogens with zero attached hydrogens (tertiary/aromatic N) is 4. The van der Waals surface area contributed by atoms with Crippen LogP contribution in [0.2, 0.25) is 0 Å². The summed E-state index contributed by atoms with van der Waals surface area (Å²) in [7, 11) is 0. The van der Waals surface area contributed by atoms with Gasteiger partial charge in [-0.25, -0.2) is 0 Å². The second-order valence-electron chi connectivity index (χ2n) is 6.66. The molecule has 0 aromatic carbocycles. The summed E-state index contributed by atoms with van der Waals surface area (Å²) in [6.45, 7) is 10.3. The van der Waals surface area contributed by atoms with E-state index in [9.17, 15) is 0 Å². The van der Waals surface area contributed by atoms with Crippen LogP contribution in [-0.2, 0) is 0 Å². The van der Waals surface area contributed by atoms with Crippen molar-refractivity contribution in [3.05, 3.63) is 11.8 Å². The predicted octanol–water partition coefficient (Wildman–Crippen LogP) is 2.20. The van der Waals surface area contributed by atoms with Crippen LogP contribution < -0.4 is 15.4 Å². The largest absolute Gasteiger partial charge is 0.461 e. The summed E-state index contributed by atoms with van der Waals surface area (Å²) in [4.78, 5) is 9.11. The number of rotatable bonds is 5. The molecule has 7 nitrogen and oxygen atoms in total. The molecular formula is C16H26N6O. The molecule has 1 aliphatic rings. The van der Waals surface area contributed by atoms with Gasteiger partial charge in [0.2, 0.25) is 5.95 Å². The highest BCUT2D eigenvalue weighted by molar-refractivity contribution is 5.53. The Morgan fingerprint density at radius 3 is 2.61 bits per heavy atom. The van der Waals surface area contributed by atoms with Gasteiger partial charge < -0.3 is 15.4 Å². The maximum Gasteiger partial charge on any atom is 0.322 e. The summed E-state index contributed by atoms with van der Waals surface area (Å²) in [5.74, 6) is 1.06. The zero-order valence-electron chi connectivity index (χ0n) is 14.3. The Morgan fingerprint density at radius 1 is 1.22 bits per heavy atom. The third kappa shape index (κ3) is 3.55. The average molecular weight is 318 g/mol. The zero-order valence-corrected chi connectivity index (χ0v) is 14.3. The van der Waals surface area contributed by atoms with Crippen LogP contribution in [0.5, 0.6) is 6.01 Å². The maximum absolute atomic E-state index is 5.74. The molecular weight excluding hydrogens is 292 g/mol. The molecule has 2 N–H and O–H groups in total. The predicted molar refractivity (Wildman–Crippen MR) is 90.1 cm³/mol. The van der Waals surface area contributed by atoms with Crippen LogP contribution in [0.3, 0.4) is 0 Å². The standard InChI is InChI=1S/C16H26N6O/c1-10(2)13-9-18-22-14(13)20-16(23-11(3)4)21-15(22)19-12-5-7-17-8-6-12/h9-12,17H,5-8H2,1-4H3,(H,19,20,21). The van der Waals surface area contributed by atoms with E-state index in [2.05, 4.69) is 39.5 Å². The SMILES string of the molecule is CC(C)Oc1nc(NC2CCNCC2)n2ncc(C(C)C)c2n1. The molecule has 0 saturated carbocycles. The lowest BCUT2D eigenvalue weighted by molar-refractivity contribution is 0.222. The van der Waals surface area contributed by atoms with E-state index in [1.54, 1.807) is 4.52 Å². The van der Waals surface area contributed by atoms with Gasteiger partial charge in [-0.2, -0.15) is 19.6 Å². The molecule has 7 heteroatoms. The van der Waals surface area contributed by atoms with Gasteiger partial charge in [-0.15, -0.1) is 0 Å². The van der Waals surface area contributed by atoms with E-state index in [-0.39, 0.29) is 6.10 Å². The topological polar surface area (TPSA) is 76.4 Å². The van der Waals surface area contributed by atoms with E-state index in [0.29, 0.717) is 23.9 Å². The molecule has 0 atom stereocenters. The monoisotopic (exact) mass is 318 g/mol. The summed E-state index contributed by atoms with van der Waals surface area (Å²) < 4.78 is 7.54. The molecule has 0 unspecified atom stereocenters. The van der Waals surface area contributed by atoms with Gasteiger partial charge in [0.1, 0.15) is 0 Å². The first-order valence-corrected chi connectivity index (χ1v) is 8.44. The van der Waals surface area contributed by atoms with Crippen molar-refractivity contribution in [3.8, 4) is 6.01 Å². The minimum Gasteiger partial charge on any atom is -0.461 e. The number of nitrogens with one attached hydrogen (secondary N) is 2. The van der Waals surface area contributed by atoms with E-state index < -0.39 is 0 Å².